The molecule has 0 aliphatic rings. The van der Waals surface area contributed by atoms with E-state index in [1.54, 1.807) is 13.2 Å². The first-order valence-electron chi connectivity index (χ1n) is 6.84. The van der Waals surface area contributed by atoms with Crippen molar-refractivity contribution in [1.29, 1.82) is 0 Å². The number of nitro benzene ring substituents is 1. The van der Waals surface area contributed by atoms with Crippen molar-refractivity contribution in [3.05, 3.63) is 28.3 Å². The van der Waals surface area contributed by atoms with Gasteiger partial charge in [0, 0.05) is 31.8 Å². The number of nitrogen functional groups attached to an aromatic ring is 1. The van der Waals surface area contributed by atoms with Crippen LogP contribution in [0.2, 0.25) is 0 Å². The summed E-state index contributed by atoms with van der Waals surface area (Å²) in [5, 5.41) is 10.8. The first kappa shape index (κ1) is 16.2. The van der Waals surface area contributed by atoms with Crippen LogP contribution in [0.5, 0.6) is 0 Å². The van der Waals surface area contributed by atoms with Crippen LogP contribution in [0.4, 0.5) is 17.1 Å². The van der Waals surface area contributed by atoms with Crippen molar-refractivity contribution >= 4 is 17.1 Å². The van der Waals surface area contributed by atoms with Gasteiger partial charge >= 0.3 is 0 Å². The smallest absolute Gasteiger partial charge is 0.271 e. The lowest BCUT2D eigenvalue weighted by Gasteiger charge is -2.33. The Morgan fingerprint density at radius 3 is 2.50 bits per heavy atom. The summed E-state index contributed by atoms with van der Waals surface area (Å²) in [5.41, 5.74) is 7.28. The van der Waals surface area contributed by atoms with Gasteiger partial charge in [0.2, 0.25) is 0 Å². The third kappa shape index (κ3) is 3.84. The molecule has 0 aliphatic carbocycles. The van der Waals surface area contributed by atoms with E-state index in [1.807, 2.05) is 0 Å². The zero-order chi connectivity index (χ0) is 15.1. The van der Waals surface area contributed by atoms with Gasteiger partial charge in [-0.1, -0.05) is 13.8 Å². The van der Waals surface area contributed by atoms with E-state index in [2.05, 4.69) is 18.7 Å². The fraction of sp³-hybridized carbons (Fsp3) is 0.571. The number of benzene rings is 1. The summed E-state index contributed by atoms with van der Waals surface area (Å²) in [5.74, 6) is 0. The number of methoxy groups -OCH3 is 1. The topological polar surface area (TPSA) is 81.6 Å². The summed E-state index contributed by atoms with van der Waals surface area (Å²) >= 11 is 0. The molecule has 0 atom stereocenters. The van der Waals surface area contributed by atoms with E-state index in [1.165, 1.54) is 12.1 Å². The van der Waals surface area contributed by atoms with Crippen LogP contribution >= 0.6 is 0 Å². The quantitative estimate of drug-likeness (QED) is 0.450. The molecule has 112 valence electrons. The lowest BCUT2D eigenvalue weighted by molar-refractivity contribution is -0.384. The van der Waals surface area contributed by atoms with Gasteiger partial charge in [-0.2, -0.15) is 0 Å². The zero-order valence-corrected chi connectivity index (χ0v) is 12.3. The first-order chi connectivity index (χ1) is 9.54. The summed E-state index contributed by atoms with van der Waals surface area (Å²) in [7, 11) is 1.66. The van der Waals surface area contributed by atoms with Crippen LogP contribution in [-0.2, 0) is 4.74 Å². The zero-order valence-electron chi connectivity index (χ0n) is 12.3. The Morgan fingerprint density at radius 1 is 1.40 bits per heavy atom. The van der Waals surface area contributed by atoms with Gasteiger partial charge in [0.1, 0.15) is 0 Å². The molecule has 1 rings (SSSR count). The normalized spacial score (nSPS) is 10.8. The van der Waals surface area contributed by atoms with Gasteiger partial charge in [-0.3, -0.25) is 10.1 Å². The van der Waals surface area contributed by atoms with E-state index >= 15 is 0 Å². The minimum absolute atomic E-state index is 0.0162. The Bertz CT molecular complexity index is 447. The molecule has 20 heavy (non-hydrogen) atoms. The van der Waals surface area contributed by atoms with Gasteiger partial charge < -0.3 is 15.4 Å². The second-order valence-electron chi connectivity index (χ2n) is 4.66. The van der Waals surface area contributed by atoms with Crippen LogP contribution in [0.15, 0.2) is 18.2 Å². The minimum atomic E-state index is -0.434. The number of nitro groups is 1. The number of nitrogens with two attached hydrogens (primary N) is 1. The summed E-state index contributed by atoms with van der Waals surface area (Å²) in [6.45, 7) is 5.54. The molecule has 0 radical (unpaired) electrons. The highest BCUT2D eigenvalue weighted by Crippen LogP contribution is 2.30. The average Bonchev–Trinajstić information content (AvgIpc) is 2.43. The highest BCUT2D eigenvalue weighted by molar-refractivity contribution is 5.71. The highest BCUT2D eigenvalue weighted by atomic mass is 16.6. The van der Waals surface area contributed by atoms with Gasteiger partial charge in [0.15, 0.2) is 0 Å². The predicted octanol–water partition coefficient (Wildman–Crippen LogP) is 2.82. The lowest BCUT2D eigenvalue weighted by Crippen LogP contribution is -2.37. The van der Waals surface area contributed by atoms with Gasteiger partial charge in [-0.25, -0.2) is 0 Å². The largest absolute Gasteiger partial charge is 0.397 e. The van der Waals surface area contributed by atoms with Crippen LogP contribution in [0.3, 0.4) is 0 Å². The van der Waals surface area contributed by atoms with Crippen LogP contribution < -0.4 is 10.6 Å². The fourth-order valence-electron chi connectivity index (χ4n) is 2.34. The number of hydrogen-bond acceptors (Lipinski definition) is 5. The van der Waals surface area contributed by atoms with E-state index in [9.17, 15) is 10.1 Å². The molecule has 1 aromatic rings. The van der Waals surface area contributed by atoms with Crippen LogP contribution in [0, 0.1) is 10.1 Å². The van der Waals surface area contributed by atoms with E-state index in [-0.39, 0.29) is 5.69 Å². The third-order valence-electron chi connectivity index (χ3n) is 3.45. The van der Waals surface area contributed by atoms with Gasteiger partial charge in [-0.15, -0.1) is 0 Å². The first-order valence-corrected chi connectivity index (χ1v) is 6.84. The molecular weight excluding hydrogens is 258 g/mol. The molecule has 0 aliphatic heterocycles. The van der Waals surface area contributed by atoms with Crippen molar-refractivity contribution in [2.75, 3.05) is 30.9 Å². The molecule has 0 saturated heterocycles. The Morgan fingerprint density at radius 2 is 2.05 bits per heavy atom. The van der Waals surface area contributed by atoms with Crippen molar-refractivity contribution in [2.24, 2.45) is 0 Å². The summed E-state index contributed by atoms with van der Waals surface area (Å²) in [4.78, 5) is 12.5. The molecule has 0 heterocycles. The molecule has 2 N–H and O–H groups in total. The Labute approximate surface area is 119 Å². The molecule has 0 aromatic heterocycles. The monoisotopic (exact) mass is 281 g/mol. The van der Waals surface area contributed by atoms with Crippen LogP contribution in [0.1, 0.15) is 26.7 Å². The van der Waals surface area contributed by atoms with E-state index < -0.39 is 4.92 Å². The molecule has 0 unspecified atom stereocenters. The second kappa shape index (κ2) is 7.69. The van der Waals surface area contributed by atoms with Gasteiger partial charge in [0.05, 0.1) is 22.9 Å². The molecule has 0 spiro atoms. The van der Waals surface area contributed by atoms with E-state index in [4.69, 9.17) is 10.5 Å². The standard InChI is InChI=1S/C14H23N3O3/c1-4-11(5-2)16(8-9-20-3)14-7-6-12(17(18)19)10-13(14)15/h6-7,10-11H,4-5,8-9,15H2,1-3H3. The maximum absolute atomic E-state index is 10.8. The maximum Gasteiger partial charge on any atom is 0.271 e. The Balaban J connectivity index is 3.09. The van der Waals surface area contributed by atoms with Crippen LogP contribution in [0.25, 0.3) is 0 Å². The van der Waals surface area contributed by atoms with E-state index in [0.29, 0.717) is 24.9 Å². The maximum atomic E-state index is 10.8. The van der Waals surface area contributed by atoms with Gasteiger partial charge in [-0.05, 0) is 18.9 Å². The second-order valence-corrected chi connectivity index (χ2v) is 4.66. The average molecular weight is 281 g/mol. The highest BCUT2D eigenvalue weighted by Gasteiger charge is 2.19. The van der Waals surface area contributed by atoms with E-state index in [0.717, 1.165) is 18.5 Å². The summed E-state index contributed by atoms with van der Waals surface area (Å²) in [6, 6.07) is 4.97. The third-order valence-corrected chi connectivity index (χ3v) is 3.45. The fourth-order valence-corrected chi connectivity index (χ4v) is 2.34. The lowest BCUT2D eigenvalue weighted by atomic mass is 10.1. The van der Waals surface area contributed by atoms with Crippen molar-refractivity contribution < 1.29 is 9.66 Å². The van der Waals surface area contributed by atoms with Crippen molar-refractivity contribution in [3.8, 4) is 0 Å². The van der Waals surface area contributed by atoms with Gasteiger partial charge in [0.25, 0.3) is 5.69 Å². The number of hydrogen-bond donors (Lipinski definition) is 1. The SMILES string of the molecule is CCC(CC)N(CCOC)c1ccc([N+](=O)[O-])cc1N. The molecule has 0 saturated carbocycles. The summed E-state index contributed by atoms with van der Waals surface area (Å²) in [6.07, 6.45) is 1.97. The number of non-ortho nitro benzene ring substituents is 1. The molecule has 6 heteroatoms. The number of anilines is 2. The summed E-state index contributed by atoms with van der Waals surface area (Å²) < 4.78 is 5.14. The molecule has 0 bridgehead atoms. The molecule has 1 aromatic carbocycles. The predicted molar refractivity (Wildman–Crippen MR) is 81.1 cm³/mol. The van der Waals surface area contributed by atoms with Crippen molar-refractivity contribution in [1.82, 2.24) is 0 Å². The number of ether oxygens (including phenoxy) is 1. The molecule has 0 fully saturated rings. The van der Waals surface area contributed by atoms with Crippen molar-refractivity contribution in [3.63, 3.8) is 0 Å². The molecule has 6 nitrogen and oxygen atoms in total. The number of rotatable bonds is 8. The molecule has 0 amide bonds. The molecular formula is C14H23N3O3. The van der Waals surface area contributed by atoms with Crippen molar-refractivity contribution in [2.45, 2.75) is 32.7 Å². The minimum Gasteiger partial charge on any atom is -0.397 e. The Kier molecular flexibility index (Phi) is 6.24. The number of nitrogens with zero attached hydrogens (tertiary/aromatic N) is 2. The van der Waals surface area contributed by atoms with Crippen LogP contribution in [-0.4, -0.2) is 31.2 Å². The Hall–Kier alpha value is -1.82.